The van der Waals surface area contributed by atoms with Crippen molar-refractivity contribution >= 4 is 17.0 Å². The van der Waals surface area contributed by atoms with Gasteiger partial charge in [0.1, 0.15) is 4.88 Å². The molecule has 112 valence electrons. The lowest BCUT2D eigenvalue weighted by Gasteiger charge is -2.17. The second-order valence-corrected chi connectivity index (χ2v) is 6.35. The number of halogens is 3. The molecular weight excluding hydrogens is 297 g/mol. The van der Waals surface area contributed by atoms with E-state index >= 15 is 0 Å². The van der Waals surface area contributed by atoms with Gasteiger partial charge in [0.05, 0.1) is 10.7 Å². The smallest absolute Gasteiger partial charge is 0.372 e. The number of aromatic nitrogens is 1. The molecule has 21 heavy (non-hydrogen) atoms. The average Bonchev–Trinajstić information content (AvgIpc) is 3.07. The van der Waals surface area contributed by atoms with Gasteiger partial charge in [0, 0.05) is 24.3 Å². The van der Waals surface area contributed by atoms with Crippen LogP contribution in [0.25, 0.3) is 11.3 Å². The molecule has 0 radical (unpaired) electrons. The molecule has 1 aliphatic rings. The van der Waals surface area contributed by atoms with E-state index in [0.29, 0.717) is 21.9 Å². The molecule has 6 heteroatoms. The first-order chi connectivity index (χ1) is 9.95. The number of hydrogen-bond donors (Lipinski definition) is 0. The van der Waals surface area contributed by atoms with Crippen molar-refractivity contribution in [3.05, 3.63) is 34.2 Å². The van der Waals surface area contributed by atoms with E-state index < -0.39 is 11.1 Å². The Hall–Kier alpha value is -1.56. The zero-order valence-electron chi connectivity index (χ0n) is 11.6. The second kappa shape index (κ2) is 5.33. The van der Waals surface area contributed by atoms with E-state index in [4.69, 9.17) is 0 Å². The zero-order chi connectivity index (χ0) is 15.0. The summed E-state index contributed by atoms with van der Waals surface area (Å²) in [7, 11) is 0. The highest BCUT2D eigenvalue weighted by molar-refractivity contribution is 7.12. The van der Waals surface area contributed by atoms with Crippen molar-refractivity contribution in [2.24, 2.45) is 0 Å². The number of thiazole rings is 1. The summed E-state index contributed by atoms with van der Waals surface area (Å²) in [4.78, 5) is 5.69. The molecule has 0 N–H and O–H groups in total. The molecule has 0 spiro atoms. The number of hydrogen-bond acceptors (Lipinski definition) is 3. The van der Waals surface area contributed by atoms with E-state index in [2.05, 4.69) is 9.88 Å². The van der Waals surface area contributed by atoms with Crippen molar-refractivity contribution in [3.8, 4) is 11.3 Å². The molecule has 0 amide bonds. The van der Waals surface area contributed by atoms with Gasteiger partial charge in [0.2, 0.25) is 0 Å². The predicted molar refractivity (Wildman–Crippen MR) is 78.7 cm³/mol. The largest absolute Gasteiger partial charge is 0.427 e. The van der Waals surface area contributed by atoms with Gasteiger partial charge in [-0.15, -0.1) is 11.3 Å². The van der Waals surface area contributed by atoms with Gasteiger partial charge in [-0.05, 0) is 31.9 Å². The summed E-state index contributed by atoms with van der Waals surface area (Å²) >= 11 is 0.699. The third-order valence-corrected chi connectivity index (χ3v) is 4.62. The van der Waals surface area contributed by atoms with Gasteiger partial charge in [0.15, 0.2) is 0 Å². The molecule has 2 heterocycles. The normalized spacial score (nSPS) is 15.7. The Kier molecular flexibility index (Phi) is 3.65. The molecule has 0 atom stereocenters. The minimum Gasteiger partial charge on any atom is -0.372 e. The van der Waals surface area contributed by atoms with Crippen LogP contribution in [-0.4, -0.2) is 18.1 Å². The summed E-state index contributed by atoms with van der Waals surface area (Å²) in [6, 6.07) is 7.24. The van der Waals surface area contributed by atoms with Crippen LogP contribution in [0.4, 0.5) is 18.9 Å². The van der Waals surface area contributed by atoms with Gasteiger partial charge >= 0.3 is 6.18 Å². The Morgan fingerprint density at radius 3 is 2.29 bits per heavy atom. The first-order valence-corrected chi connectivity index (χ1v) is 7.67. The Morgan fingerprint density at radius 1 is 1.10 bits per heavy atom. The monoisotopic (exact) mass is 312 g/mol. The maximum atomic E-state index is 13.0. The SMILES string of the molecule is Cc1nc(-c2ccc(N3CCCC3)cc2)c(C(F)(F)F)s1. The first-order valence-electron chi connectivity index (χ1n) is 6.85. The van der Waals surface area contributed by atoms with Crippen molar-refractivity contribution in [1.82, 2.24) is 4.98 Å². The molecule has 1 aromatic carbocycles. The Bertz CT molecular complexity index is 625. The van der Waals surface area contributed by atoms with Crippen LogP contribution in [0.3, 0.4) is 0 Å². The fraction of sp³-hybridized carbons (Fsp3) is 0.400. The summed E-state index contributed by atoms with van der Waals surface area (Å²) in [5, 5.41) is 0.431. The lowest BCUT2D eigenvalue weighted by atomic mass is 10.1. The van der Waals surface area contributed by atoms with Crippen molar-refractivity contribution in [2.75, 3.05) is 18.0 Å². The maximum Gasteiger partial charge on any atom is 0.427 e. The number of aryl methyl sites for hydroxylation is 1. The van der Waals surface area contributed by atoms with Gasteiger partial charge < -0.3 is 4.90 Å². The third kappa shape index (κ3) is 2.90. The van der Waals surface area contributed by atoms with Gasteiger partial charge in [-0.3, -0.25) is 0 Å². The van der Waals surface area contributed by atoms with Crippen LogP contribution < -0.4 is 4.90 Å². The van der Waals surface area contributed by atoms with E-state index in [1.54, 1.807) is 19.1 Å². The first kappa shape index (κ1) is 14.4. The Balaban J connectivity index is 1.94. The molecule has 1 aromatic heterocycles. The molecule has 0 bridgehead atoms. The van der Waals surface area contributed by atoms with Crippen molar-refractivity contribution < 1.29 is 13.2 Å². The highest BCUT2D eigenvalue weighted by Crippen LogP contribution is 2.41. The number of benzene rings is 1. The van der Waals surface area contributed by atoms with Crippen molar-refractivity contribution in [3.63, 3.8) is 0 Å². The van der Waals surface area contributed by atoms with Crippen LogP contribution in [0.5, 0.6) is 0 Å². The van der Waals surface area contributed by atoms with Gasteiger partial charge in [0.25, 0.3) is 0 Å². The van der Waals surface area contributed by atoms with Crippen LogP contribution >= 0.6 is 11.3 Å². The lowest BCUT2D eigenvalue weighted by Crippen LogP contribution is -2.17. The van der Waals surface area contributed by atoms with Gasteiger partial charge in [-0.2, -0.15) is 13.2 Å². The molecule has 2 aromatic rings. The topological polar surface area (TPSA) is 16.1 Å². The van der Waals surface area contributed by atoms with Crippen LogP contribution in [0.15, 0.2) is 24.3 Å². The summed E-state index contributed by atoms with van der Waals surface area (Å²) in [5.74, 6) is 0. The summed E-state index contributed by atoms with van der Waals surface area (Å²) < 4.78 is 39.1. The molecule has 3 rings (SSSR count). The maximum absolute atomic E-state index is 13.0. The molecule has 1 aliphatic heterocycles. The van der Waals surface area contributed by atoms with E-state index in [-0.39, 0.29) is 5.69 Å². The Morgan fingerprint density at radius 2 is 1.71 bits per heavy atom. The number of alkyl halides is 3. The summed E-state index contributed by atoms with van der Waals surface area (Å²) in [6.45, 7) is 3.63. The molecule has 0 aliphatic carbocycles. The summed E-state index contributed by atoms with van der Waals surface area (Å²) in [6.07, 6.45) is -2.01. The average molecular weight is 312 g/mol. The minimum absolute atomic E-state index is 0.0398. The van der Waals surface area contributed by atoms with Crippen molar-refractivity contribution in [2.45, 2.75) is 25.9 Å². The van der Waals surface area contributed by atoms with Gasteiger partial charge in [-0.25, -0.2) is 4.98 Å². The standard InChI is InChI=1S/C15H15F3N2S/c1-10-19-13(14(21-10)15(16,17)18)11-4-6-12(7-5-11)20-8-2-3-9-20/h4-7H,2-3,8-9H2,1H3. The van der Waals surface area contributed by atoms with Crippen LogP contribution in [0.2, 0.25) is 0 Å². The highest BCUT2D eigenvalue weighted by Gasteiger charge is 2.37. The molecule has 1 fully saturated rings. The van der Waals surface area contributed by atoms with Crippen LogP contribution in [0, 0.1) is 6.92 Å². The molecule has 0 unspecified atom stereocenters. The Labute approximate surface area is 125 Å². The van der Waals surface area contributed by atoms with Crippen LogP contribution in [0.1, 0.15) is 22.7 Å². The molecule has 0 saturated carbocycles. The van der Waals surface area contributed by atoms with E-state index in [0.717, 1.165) is 18.8 Å². The third-order valence-electron chi connectivity index (χ3n) is 3.60. The van der Waals surface area contributed by atoms with Crippen molar-refractivity contribution in [1.29, 1.82) is 0 Å². The van der Waals surface area contributed by atoms with E-state index in [1.807, 2.05) is 12.1 Å². The minimum atomic E-state index is -4.35. The predicted octanol–water partition coefficient (Wildman–Crippen LogP) is 4.74. The van der Waals surface area contributed by atoms with Gasteiger partial charge in [-0.1, -0.05) is 12.1 Å². The number of anilines is 1. The fourth-order valence-electron chi connectivity index (χ4n) is 2.62. The number of nitrogens with zero attached hydrogens (tertiary/aromatic N) is 2. The lowest BCUT2D eigenvalue weighted by molar-refractivity contribution is -0.134. The molecule has 2 nitrogen and oxygen atoms in total. The number of rotatable bonds is 2. The van der Waals surface area contributed by atoms with Crippen LogP contribution in [-0.2, 0) is 6.18 Å². The van der Waals surface area contributed by atoms with E-state index in [1.165, 1.54) is 12.8 Å². The second-order valence-electron chi connectivity index (χ2n) is 5.15. The fourth-order valence-corrected chi connectivity index (χ4v) is 3.43. The van der Waals surface area contributed by atoms with E-state index in [9.17, 15) is 13.2 Å². The highest BCUT2D eigenvalue weighted by atomic mass is 32.1. The zero-order valence-corrected chi connectivity index (χ0v) is 12.4. The summed E-state index contributed by atoms with van der Waals surface area (Å²) in [5.41, 5.74) is 1.63. The molecular formula is C15H15F3N2S. The molecule has 1 saturated heterocycles. The quantitative estimate of drug-likeness (QED) is 0.796.